The molecule has 0 unspecified atom stereocenters. The maximum absolute atomic E-state index is 10.1. The molecule has 1 aliphatic heterocycles. The Labute approximate surface area is 149 Å². The van der Waals surface area contributed by atoms with Crippen molar-refractivity contribution >= 4 is 0 Å². The summed E-state index contributed by atoms with van der Waals surface area (Å²) in [5.74, 6) is -0.0589. The van der Waals surface area contributed by atoms with E-state index in [9.17, 15) is 35.7 Å². The molecule has 7 N–H and O–H groups in total. The van der Waals surface area contributed by atoms with Crippen LogP contribution in [0.15, 0.2) is 18.2 Å². The van der Waals surface area contributed by atoms with Gasteiger partial charge in [0.25, 0.3) is 0 Å². The van der Waals surface area contributed by atoms with Crippen molar-refractivity contribution in [3.05, 3.63) is 23.8 Å². The Kier molecular flexibility index (Phi) is 7.15. The molecule has 1 fully saturated rings. The highest BCUT2D eigenvalue weighted by atomic mass is 16.7. The number of aromatic hydroxyl groups is 1. The number of hydrogen-bond acceptors (Lipinski definition) is 10. The van der Waals surface area contributed by atoms with Gasteiger partial charge in [0.15, 0.2) is 17.8 Å². The molecule has 0 radical (unpaired) electrons. The molecular formula is C16H24O10. The quantitative estimate of drug-likeness (QED) is 0.272. The molecule has 0 aliphatic carbocycles. The average molecular weight is 376 g/mol. The first-order chi connectivity index (χ1) is 12.3. The minimum Gasteiger partial charge on any atom is -0.504 e. The summed E-state index contributed by atoms with van der Waals surface area (Å²) in [4.78, 5) is 0. The lowest BCUT2D eigenvalue weighted by Crippen LogP contribution is -2.59. The molecule has 1 heterocycles. The zero-order chi connectivity index (χ0) is 19.4. The number of rotatable bonds is 7. The van der Waals surface area contributed by atoms with Crippen molar-refractivity contribution in [1.82, 2.24) is 0 Å². The van der Waals surface area contributed by atoms with Gasteiger partial charge in [-0.1, -0.05) is 6.07 Å². The number of phenols is 1. The smallest absolute Gasteiger partial charge is 0.187 e. The summed E-state index contributed by atoms with van der Waals surface area (Å²) in [6.45, 7) is -1.32. The molecule has 0 aromatic heterocycles. The third kappa shape index (κ3) is 4.24. The van der Waals surface area contributed by atoms with E-state index in [0.29, 0.717) is 0 Å². The fraction of sp³-hybridized carbons (Fsp3) is 0.625. The summed E-state index contributed by atoms with van der Waals surface area (Å²) >= 11 is 0. The molecule has 0 bridgehead atoms. The fourth-order valence-electron chi connectivity index (χ4n) is 2.68. The number of aliphatic hydroxyl groups excluding tert-OH is 6. The van der Waals surface area contributed by atoms with Crippen molar-refractivity contribution in [3.63, 3.8) is 0 Å². The second-order valence-corrected chi connectivity index (χ2v) is 5.94. The highest BCUT2D eigenvalue weighted by Gasteiger charge is 2.45. The van der Waals surface area contributed by atoms with Crippen LogP contribution in [0.25, 0.3) is 0 Å². The van der Waals surface area contributed by atoms with Gasteiger partial charge in [-0.25, -0.2) is 0 Å². The van der Waals surface area contributed by atoms with Crippen molar-refractivity contribution in [2.45, 2.75) is 42.9 Å². The predicted octanol–water partition coefficient (Wildman–Crippen LogP) is -2.39. The molecular weight excluding hydrogens is 352 g/mol. The lowest BCUT2D eigenvalue weighted by atomic mass is 9.98. The van der Waals surface area contributed by atoms with Crippen LogP contribution in [0.1, 0.15) is 11.7 Å². The highest BCUT2D eigenvalue weighted by Crippen LogP contribution is 2.34. The second-order valence-electron chi connectivity index (χ2n) is 5.94. The normalized spacial score (nSPS) is 31.4. The third-order valence-corrected chi connectivity index (χ3v) is 4.20. The monoisotopic (exact) mass is 376 g/mol. The summed E-state index contributed by atoms with van der Waals surface area (Å²) in [6, 6.07) is 4.07. The lowest BCUT2D eigenvalue weighted by Gasteiger charge is -2.41. The van der Waals surface area contributed by atoms with Gasteiger partial charge in [-0.15, -0.1) is 0 Å². The molecule has 1 aromatic carbocycles. The standard InChI is InChI=1S/C16H24O10/c1-24-10-4-7(2-3-8(10)19)15(9(20)5-17)26-16-14(23)13(22)12(21)11(6-18)25-16/h2-4,9,11-23H,5-6H2,1H3/t9-,11+,12+,13-,14+,15-,16-/m0/s1. The molecule has 0 saturated carbocycles. The van der Waals surface area contributed by atoms with Crippen molar-refractivity contribution in [3.8, 4) is 11.5 Å². The molecule has 26 heavy (non-hydrogen) atoms. The minimum absolute atomic E-state index is 0.0926. The first-order valence-corrected chi connectivity index (χ1v) is 7.95. The van der Waals surface area contributed by atoms with E-state index >= 15 is 0 Å². The van der Waals surface area contributed by atoms with Crippen LogP contribution >= 0.6 is 0 Å². The van der Waals surface area contributed by atoms with E-state index in [0.717, 1.165) is 0 Å². The van der Waals surface area contributed by atoms with Gasteiger partial charge in [-0.3, -0.25) is 0 Å². The van der Waals surface area contributed by atoms with Crippen molar-refractivity contribution in [2.24, 2.45) is 0 Å². The maximum Gasteiger partial charge on any atom is 0.187 e. The van der Waals surface area contributed by atoms with Crippen LogP contribution < -0.4 is 4.74 Å². The SMILES string of the molecule is COc1cc([C@H](O[C@@H]2O[C@H](CO)[C@@H](O)[C@H](O)[C@H]2O)[C@@H](O)CO)ccc1O. The number of ether oxygens (including phenoxy) is 3. The first-order valence-electron chi connectivity index (χ1n) is 7.95. The van der Waals surface area contributed by atoms with Gasteiger partial charge in [0, 0.05) is 0 Å². The first kappa shape index (κ1) is 20.8. The number of hydrogen-bond donors (Lipinski definition) is 7. The molecule has 2 rings (SSSR count). The number of phenolic OH excluding ortho intramolecular Hbond substituents is 1. The van der Waals surface area contributed by atoms with E-state index in [1.165, 1.54) is 25.3 Å². The zero-order valence-corrected chi connectivity index (χ0v) is 14.0. The van der Waals surface area contributed by atoms with E-state index in [-0.39, 0.29) is 17.1 Å². The van der Waals surface area contributed by atoms with Gasteiger partial charge in [-0.2, -0.15) is 0 Å². The van der Waals surface area contributed by atoms with Crippen LogP contribution in [0.4, 0.5) is 0 Å². The molecule has 148 valence electrons. The molecule has 0 amide bonds. The fourth-order valence-corrected chi connectivity index (χ4v) is 2.68. The number of benzene rings is 1. The lowest BCUT2D eigenvalue weighted by molar-refractivity contribution is -0.319. The molecule has 10 nitrogen and oxygen atoms in total. The van der Waals surface area contributed by atoms with Gasteiger partial charge < -0.3 is 50.0 Å². The largest absolute Gasteiger partial charge is 0.504 e. The minimum atomic E-state index is -1.67. The second kappa shape index (κ2) is 8.93. The molecule has 1 saturated heterocycles. The van der Waals surface area contributed by atoms with Gasteiger partial charge in [-0.05, 0) is 17.7 Å². The summed E-state index contributed by atoms with van der Waals surface area (Å²) < 4.78 is 15.8. The Bertz CT molecular complexity index is 580. The maximum atomic E-state index is 10.1. The van der Waals surface area contributed by atoms with Gasteiger partial charge in [0.2, 0.25) is 0 Å². The summed E-state index contributed by atoms with van der Waals surface area (Å²) in [5, 5.41) is 68.0. The zero-order valence-electron chi connectivity index (χ0n) is 14.0. The topological polar surface area (TPSA) is 169 Å². The van der Waals surface area contributed by atoms with Crippen LogP contribution in [0.3, 0.4) is 0 Å². The molecule has 10 heteroatoms. The highest BCUT2D eigenvalue weighted by molar-refractivity contribution is 5.42. The Hall–Kier alpha value is -1.50. The Morgan fingerprint density at radius 3 is 2.38 bits per heavy atom. The van der Waals surface area contributed by atoms with Crippen LogP contribution in [0.2, 0.25) is 0 Å². The Balaban J connectivity index is 2.28. The molecule has 1 aromatic rings. The van der Waals surface area contributed by atoms with Crippen molar-refractivity contribution in [2.75, 3.05) is 20.3 Å². The molecule has 0 spiro atoms. The van der Waals surface area contributed by atoms with Crippen LogP contribution in [-0.2, 0) is 9.47 Å². The number of methoxy groups -OCH3 is 1. The predicted molar refractivity (Wildman–Crippen MR) is 85.3 cm³/mol. The van der Waals surface area contributed by atoms with E-state index < -0.39 is 56.1 Å². The van der Waals surface area contributed by atoms with E-state index in [4.69, 9.17) is 14.2 Å². The van der Waals surface area contributed by atoms with E-state index in [1.807, 2.05) is 0 Å². The van der Waals surface area contributed by atoms with Crippen molar-refractivity contribution in [1.29, 1.82) is 0 Å². The van der Waals surface area contributed by atoms with E-state index in [2.05, 4.69) is 0 Å². The summed E-state index contributed by atoms with van der Waals surface area (Å²) in [7, 11) is 1.33. The molecule has 7 atom stereocenters. The third-order valence-electron chi connectivity index (χ3n) is 4.20. The van der Waals surface area contributed by atoms with Gasteiger partial charge in [0.1, 0.15) is 36.6 Å². The van der Waals surface area contributed by atoms with Crippen LogP contribution in [0.5, 0.6) is 11.5 Å². The van der Waals surface area contributed by atoms with Gasteiger partial charge in [0.05, 0.1) is 20.3 Å². The Morgan fingerprint density at radius 2 is 1.81 bits per heavy atom. The van der Waals surface area contributed by atoms with Crippen molar-refractivity contribution < 1.29 is 50.0 Å². The Morgan fingerprint density at radius 1 is 1.12 bits per heavy atom. The number of aliphatic hydroxyl groups is 6. The van der Waals surface area contributed by atoms with Gasteiger partial charge >= 0.3 is 0 Å². The molecule has 1 aliphatic rings. The van der Waals surface area contributed by atoms with Crippen LogP contribution in [0, 0.1) is 0 Å². The van der Waals surface area contributed by atoms with Crippen LogP contribution in [-0.4, -0.2) is 92.9 Å². The van der Waals surface area contributed by atoms with E-state index in [1.54, 1.807) is 0 Å². The summed E-state index contributed by atoms with van der Waals surface area (Å²) in [6.07, 6.45) is -10.2. The average Bonchev–Trinajstić information content (AvgIpc) is 2.65. The summed E-state index contributed by atoms with van der Waals surface area (Å²) in [5.41, 5.74) is 0.290.